The second kappa shape index (κ2) is 7.61. The number of esters is 1. The van der Waals surface area contributed by atoms with Crippen LogP contribution in [0, 0.1) is 0 Å². The third kappa shape index (κ3) is 4.03. The lowest BCUT2D eigenvalue weighted by molar-refractivity contribution is -0.143. The molecule has 0 unspecified atom stereocenters. The fourth-order valence-corrected chi connectivity index (χ4v) is 2.42. The van der Waals surface area contributed by atoms with E-state index in [1.54, 1.807) is 37.3 Å². The Balaban J connectivity index is 1.72. The van der Waals surface area contributed by atoms with Gasteiger partial charge in [0.05, 0.1) is 30.5 Å². The summed E-state index contributed by atoms with van der Waals surface area (Å²) in [4.78, 5) is 30.7. The Morgan fingerprint density at radius 2 is 1.88 bits per heavy atom. The molecule has 0 radical (unpaired) electrons. The molecule has 0 amide bonds. The molecule has 3 aromatic rings. The highest BCUT2D eigenvalue weighted by Crippen LogP contribution is 2.20. The number of aromatic nitrogens is 2. The Hall–Kier alpha value is -3.15. The zero-order valence-electron chi connectivity index (χ0n) is 13.8. The summed E-state index contributed by atoms with van der Waals surface area (Å²) in [6.45, 7) is 2.39. The summed E-state index contributed by atoms with van der Waals surface area (Å²) in [7, 11) is 0. The molecule has 128 valence electrons. The van der Waals surface area contributed by atoms with Gasteiger partial charge in [-0.05, 0) is 43.3 Å². The van der Waals surface area contributed by atoms with Crippen LogP contribution < -0.4 is 10.3 Å². The maximum Gasteiger partial charge on any atom is 0.309 e. The minimum absolute atomic E-state index is 0.171. The minimum atomic E-state index is -0.281. The number of fused-ring (bicyclic) bond motifs is 1. The van der Waals surface area contributed by atoms with Crippen molar-refractivity contribution >= 4 is 16.9 Å². The predicted octanol–water partition coefficient (Wildman–Crippen LogP) is 2.92. The maximum atomic E-state index is 12.1. The van der Waals surface area contributed by atoms with Crippen LogP contribution in [0.5, 0.6) is 5.75 Å². The van der Waals surface area contributed by atoms with E-state index in [9.17, 15) is 9.59 Å². The maximum absolute atomic E-state index is 12.1. The Morgan fingerprint density at radius 1 is 1.12 bits per heavy atom. The van der Waals surface area contributed by atoms with E-state index in [0.717, 1.165) is 5.56 Å². The van der Waals surface area contributed by atoms with Gasteiger partial charge in [-0.1, -0.05) is 12.1 Å². The molecule has 0 fully saturated rings. The van der Waals surface area contributed by atoms with Crippen molar-refractivity contribution in [3.8, 4) is 17.1 Å². The lowest BCUT2D eigenvalue weighted by atomic mass is 10.2. The van der Waals surface area contributed by atoms with Crippen molar-refractivity contribution in [2.75, 3.05) is 13.2 Å². The fraction of sp³-hybridized carbons (Fsp3) is 0.211. The molecule has 6 nitrogen and oxygen atoms in total. The normalized spacial score (nSPS) is 10.6. The summed E-state index contributed by atoms with van der Waals surface area (Å²) in [6, 6.07) is 14.4. The number of carbonyl (C=O) groups excluding carboxylic acids is 1. The molecule has 0 aliphatic carbocycles. The average molecular weight is 338 g/mol. The van der Waals surface area contributed by atoms with Gasteiger partial charge < -0.3 is 14.5 Å². The topological polar surface area (TPSA) is 81.3 Å². The third-order valence-corrected chi connectivity index (χ3v) is 3.62. The Labute approximate surface area is 144 Å². The van der Waals surface area contributed by atoms with E-state index in [1.165, 1.54) is 0 Å². The number of carbonyl (C=O) groups is 1. The van der Waals surface area contributed by atoms with Crippen LogP contribution in [0.15, 0.2) is 53.3 Å². The van der Waals surface area contributed by atoms with E-state index < -0.39 is 0 Å². The number of benzene rings is 2. The second-order valence-electron chi connectivity index (χ2n) is 5.36. The lowest BCUT2D eigenvalue weighted by Gasteiger charge is -2.07. The van der Waals surface area contributed by atoms with E-state index >= 15 is 0 Å². The molecule has 0 aliphatic heterocycles. The van der Waals surface area contributed by atoms with Crippen LogP contribution >= 0.6 is 0 Å². The van der Waals surface area contributed by atoms with Crippen molar-refractivity contribution in [1.29, 1.82) is 0 Å². The summed E-state index contributed by atoms with van der Waals surface area (Å²) in [5.41, 5.74) is 1.26. The highest BCUT2D eigenvalue weighted by Gasteiger charge is 2.06. The molecule has 1 aromatic heterocycles. The largest absolute Gasteiger partial charge is 0.493 e. The van der Waals surface area contributed by atoms with Crippen molar-refractivity contribution in [2.45, 2.75) is 13.3 Å². The summed E-state index contributed by atoms with van der Waals surface area (Å²) < 4.78 is 10.4. The molecule has 0 saturated heterocycles. The van der Waals surface area contributed by atoms with Gasteiger partial charge in [0.25, 0.3) is 5.56 Å². The first-order valence-electron chi connectivity index (χ1n) is 8.05. The number of hydrogen-bond donors (Lipinski definition) is 1. The van der Waals surface area contributed by atoms with Crippen LogP contribution in [0.2, 0.25) is 0 Å². The van der Waals surface area contributed by atoms with E-state index in [-0.39, 0.29) is 24.6 Å². The van der Waals surface area contributed by atoms with Crippen molar-refractivity contribution in [2.24, 2.45) is 0 Å². The Bertz CT molecular complexity index is 932. The first-order chi connectivity index (χ1) is 12.2. The van der Waals surface area contributed by atoms with E-state index in [1.807, 2.05) is 18.2 Å². The number of ether oxygens (including phenoxy) is 2. The number of aromatic amines is 1. The Morgan fingerprint density at radius 3 is 2.64 bits per heavy atom. The molecular formula is C19H18N2O4. The molecule has 1 N–H and O–H groups in total. The van der Waals surface area contributed by atoms with Gasteiger partial charge in [0.2, 0.25) is 0 Å². The summed E-state index contributed by atoms with van der Waals surface area (Å²) >= 11 is 0. The van der Waals surface area contributed by atoms with Gasteiger partial charge in [0, 0.05) is 5.56 Å². The van der Waals surface area contributed by atoms with Crippen molar-refractivity contribution in [3.63, 3.8) is 0 Å². The summed E-state index contributed by atoms with van der Waals surface area (Å²) in [5, 5.41) is 0.560. The summed E-state index contributed by atoms with van der Waals surface area (Å²) in [5.74, 6) is 0.856. The highest BCUT2D eigenvalue weighted by molar-refractivity contribution is 5.79. The quantitative estimate of drug-likeness (QED) is 0.699. The number of hydrogen-bond acceptors (Lipinski definition) is 5. The number of nitrogens with zero attached hydrogens (tertiary/aromatic N) is 1. The molecule has 0 bridgehead atoms. The van der Waals surface area contributed by atoms with Crippen LogP contribution in [0.1, 0.15) is 13.3 Å². The first-order valence-corrected chi connectivity index (χ1v) is 8.05. The highest BCUT2D eigenvalue weighted by atomic mass is 16.5. The molecule has 0 spiro atoms. The second-order valence-corrected chi connectivity index (χ2v) is 5.36. The van der Waals surface area contributed by atoms with E-state index in [0.29, 0.717) is 29.1 Å². The number of rotatable bonds is 6. The fourth-order valence-electron chi connectivity index (χ4n) is 2.42. The predicted molar refractivity (Wildman–Crippen MR) is 94.5 cm³/mol. The van der Waals surface area contributed by atoms with Crippen LogP contribution in [0.25, 0.3) is 22.3 Å². The molecule has 2 aromatic carbocycles. The van der Waals surface area contributed by atoms with Crippen LogP contribution in [0.4, 0.5) is 0 Å². The molecule has 1 heterocycles. The van der Waals surface area contributed by atoms with Crippen molar-refractivity contribution in [3.05, 3.63) is 58.9 Å². The molecule has 0 aliphatic rings. The molecule has 6 heteroatoms. The van der Waals surface area contributed by atoms with Gasteiger partial charge in [-0.2, -0.15) is 0 Å². The van der Waals surface area contributed by atoms with Gasteiger partial charge in [-0.25, -0.2) is 4.98 Å². The molecule has 0 saturated carbocycles. The smallest absolute Gasteiger partial charge is 0.309 e. The van der Waals surface area contributed by atoms with Crippen molar-refractivity contribution in [1.82, 2.24) is 9.97 Å². The van der Waals surface area contributed by atoms with Crippen LogP contribution in [0.3, 0.4) is 0 Å². The number of H-pyrrole nitrogens is 1. The monoisotopic (exact) mass is 338 g/mol. The number of para-hydroxylation sites is 1. The van der Waals surface area contributed by atoms with E-state index in [2.05, 4.69) is 9.97 Å². The van der Waals surface area contributed by atoms with Gasteiger partial charge in [0.15, 0.2) is 0 Å². The minimum Gasteiger partial charge on any atom is -0.493 e. The van der Waals surface area contributed by atoms with E-state index in [4.69, 9.17) is 9.47 Å². The van der Waals surface area contributed by atoms with Gasteiger partial charge >= 0.3 is 5.97 Å². The SMILES string of the molecule is CCOC(=O)CCOc1ccc(-c2nc3ccccc3c(=O)[nH]2)cc1. The van der Waals surface area contributed by atoms with Crippen LogP contribution in [-0.4, -0.2) is 29.2 Å². The van der Waals surface area contributed by atoms with Crippen LogP contribution in [-0.2, 0) is 9.53 Å². The summed E-state index contributed by atoms with van der Waals surface area (Å²) in [6.07, 6.45) is 0.204. The average Bonchev–Trinajstić information content (AvgIpc) is 2.62. The standard InChI is InChI=1S/C19H18N2O4/c1-2-24-17(22)11-12-25-14-9-7-13(8-10-14)18-20-16-6-4-3-5-15(16)19(23)21-18/h3-10H,2,11-12H2,1H3,(H,20,21,23). The molecule has 25 heavy (non-hydrogen) atoms. The zero-order chi connectivity index (χ0) is 17.6. The van der Waals surface area contributed by atoms with Gasteiger partial charge in [0.1, 0.15) is 11.6 Å². The lowest BCUT2D eigenvalue weighted by Crippen LogP contribution is -2.10. The first kappa shape index (κ1) is 16.7. The molecular weight excluding hydrogens is 320 g/mol. The zero-order valence-corrected chi connectivity index (χ0v) is 13.8. The van der Waals surface area contributed by atoms with Gasteiger partial charge in [-0.15, -0.1) is 0 Å². The van der Waals surface area contributed by atoms with Gasteiger partial charge in [-0.3, -0.25) is 9.59 Å². The Kier molecular flexibility index (Phi) is 5.09. The van der Waals surface area contributed by atoms with Crippen molar-refractivity contribution < 1.29 is 14.3 Å². The third-order valence-electron chi connectivity index (χ3n) is 3.62. The molecule has 0 atom stereocenters. The molecule has 3 rings (SSSR count). The number of nitrogens with one attached hydrogen (secondary N) is 1.